The summed E-state index contributed by atoms with van der Waals surface area (Å²) in [5.74, 6) is 0. The molecule has 0 saturated heterocycles. The topological polar surface area (TPSA) is 21.3 Å². The van der Waals surface area contributed by atoms with Gasteiger partial charge in [0, 0.05) is 24.2 Å². The van der Waals surface area contributed by atoms with Crippen molar-refractivity contribution in [1.82, 2.24) is 5.32 Å². The molecule has 3 heteroatoms. The fourth-order valence-corrected chi connectivity index (χ4v) is 1.56. The van der Waals surface area contributed by atoms with E-state index in [0.29, 0.717) is 6.04 Å². The quantitative estimate of drug-likeness (QED) is 0.889. The number of ether oxygens (including phenoxy) is 1. The van der Waals surface area contributed by atoms with Gasteiger partial charge in [0.1, 0.15) is 0 Å². The van der Waals surface area contributed by atoms with E-state index in [1.807, 2.05) is 0 Å². The summed E-state index contributed by atoms with van der Waals surface area (Å²) in [5, 5.41) is 3.43. The van der Waals surface area contributed by atoms with Crippen LogP contribution in [0.2, 0.25) is 0 Å². The Morgan fingerprint density at radius 2 is 1.87 bits per heavy atom. The second-order valence-corrected chi connectivity index (χ2v) is 4.64. The molecular formula is C12H18BrNO. The van der Waals surface area contributed by atoms with Gasteiger partial charge in [-0.15, -0.1) is 0 Å². The van der Waals surface area contributed by atoms with E-state index in [4.69, 9.17) is 4.74 Å². The lowest BCUT2D eigenvalue weighted by Crippen LogP contribution is -2.28. The standard InChI is InChI=1S/C12H18BrNO/c1-9(15-3)8-14-10(2)11-4-6-12(13)7-5-11/h4-7,9-10,14H,8H2,1-3H3/t9?,10-/m0/s1. The minimum atomic E-state index is 0.253. The van der Waals surface area contributed by atoms with Gasteiger partial charge < -0.3 is 10.1 Å². The molecular weight excluding hydrogens is 254 g/mol. The molecule has 0 aliphatic carbocycles. The van der Waals surface area contributed by atoms with Crippen LogP contribution in [0.1, 0.15) is 25.5 Å². The van der Waals surface area contributed by atoms with E-state index in [9.17, 15) is 0 Å². The van der Waals surface area contributed by atoms with E-state index < -0.39 is 0 Å². The first-order chi connectivity index (χ1) is 7.13. The number of methoxy groups -OCH3 is 1. The largest absolute Gasteiger partial charge is 0.380 e. The summed E-state index contributed by atoms with van der Waals surface area (Å²) in [6.45, 7) is 5.08. The van der Waals surface area contributed by atoms with E-state index in [1.54, 1.807) is 7.11 Å². The van der Waals surface area contributed by atoms with Crippen LogP contribution in [0.25, 0.3) is 0 Å². The van der Waals surface area contributed by atoms with E-state index in [1.165, 1.54) is 5.56 Å². The van der Waals surface area contributed by atoms with Gasteiger partial charge in [0.05, 0.1) is 6.10 Å². The van der Waals surface area contributed by atoms with Gasteiger partial charge in [0.25, 0.3) is 0 Å². The lowest BCUT2D eigenvalue weighted by atomic mass is 10.1. The number of hydrogen-bond donors (Lipinski definition) is 1. The fourth-order valence-electron chi connectivity index (χ4n) is 1.30. The first kappa shape index (κ1) is 12.7. The fraction of sp³-hybridized carbons (Fsp3) is 0.500. The van der Waals surface area contributed by atoms with E-state index in [-0.39, 0.29) is 6.10 Å². The summed E-state index contributed by atoms with van der Waals surface area (Å²) in [6, 6.07) is 8.73. The zero-order valence-electron chi connectivity index (χ0n) is 9.46. The predicted octanol–water partition coefficient (Wildman–Crippen LogP) is 3.13. The van der Waals surface area contributed by atoms with Gasteiger partial charge in [-0.1, -0.05) is 28.1 Å². The van der Waals surface area contributed by atoms with Gasteiger partial charge in [0.2, 0.25) is 0 Å². The molecule has 0 fully saturated rings. The summed E-state index contributed by atoms with van der Waals surface area (Å²) in [5.41, 5.74) is 1.29. The zero-order valence-corrected chi connectivity index (χ0v) is 11.0. The van der Waals surface area contributed by atoms with E-state index in [0.717, 1.165) is 11.0 Å². The average molecular weight is 272 g/mol. The Balaban J connectivity index is 2.46. The molecule has 0 bridgehead atoms. The second-order valence-electron chi connectivity index (χ2n) is 3.73. The van der Waals surface area contributed by atoms with Crippen molar-refractivity contribution < 1.29 is 4.74 Å². The van der Waals surface area contributed by atoms with Crippen LogP contribution < -0.4 is 5.32 Å². The molecule has 0 amide bonds. The van der Waals surface area contributed by atoms with E-state index in [2.05, 4.69) is 59.4 Å². The number of benzene rings is 1. The van der Waals surface area contributed by atoms with Gasteiger partial charge in [-0.25, -0.2) is 0 Å². The summed E-state index contributed by atoms with van der Waals surface area (Å²) < 4.78 is 6.30. The van der Waals surface area contributed by atoms with Crippen molar-refractivity contribution in [3.8, 4) is 0 Å². The third-order valence-corrected chi connectivity index (χ3v) is 3.01. The van der Waals surface area contributed by atoms with Crippen LogP contribution in [0, 0.1) is 0 Å². The maximum absolute atomic E-state index is 5.19. The first-order valence-electron chi connectivity index (χ1n) is 5.15. The highest BCUT2D eigenvalue weighted by Gasteiger charge is 2.06. The highest BCUT2D eigenvalue weighted by molar-refractivity contribution is 9.10. The molecule has 1 rings (SSSR count). The normalized spacial score (nSPS) is 14.9. The lowest BCUT2D eigenvalue weighted by Gasteiger charge is -2.17. The summed E-state index contributed by atoms with van der Waals surface area (Å²) >= 11 is 3.43. The molecule has 84 valence electrons. The van der Waals surface area contributed by atoms with Crippen LogP contribution in [-0.4, -0.2) is 19.8 Å². The Bertz CT molecular complexity index is 286. The van der Waals surface area contributed by atoms with E-state index >= 15 is 0 Å². The second kappa shape index (κ2) is 6.26. The molecule has 2 atom stereocenters. The number of nitrogens with one attached hydrogen (secondary N) is 1. The zero-order chi connectivity index (χ0) is 11.3. The first-order valence-corrected chi connectivity index (χ1v) is 5.94. The molecule has 0 saturated carbocycles. The molecule has 0 aliphatic heterocycles. The van der Waals surface area contributed by atoms with Gasteiger partial charge in [-0.3, -0.25) is 0 Å². The number of rotatable bonds is 5. The maximum Gasteiger partial charge on any atom is 0.0667 e. The van der Waals surface area contributed by atoms with Crippen molar-refractivity contribution in [2.75, 3.05) is 13.7 Å². The van der Waals surface area contributed by atoms with Crippen LogP contribution in [-0.2, 0) is 4.74 Å². The molecule has 15 heavy (non-hydrogen) atoms. The molecule has 0 aromatic heterocycles. The summed E-state index contributed by atoms with van der Waals surface area (Å²) in [4.78, 5) is 0. The average Bonchev–Trinajstić information content (AvgIpc) is 2.26. The van der Waals surface area contributed by atoms with Crippen LogP contribution in [0.15, 0.2) is 28.7 Å². The van der Waals surface area contributed by atoms with Crippen LogP contribution >= 0.6 is 15.9 Å². The molecule has 0 heterocycles. The van der Waals surface area contributed by atoms with Crippen molar-refractivity contribution in [3.05, 3.63) is 34.3 Å². The van der Waals surface area contributed by atoms with Gasteiger partial charge in [-0.05, 0) is 31.5 Å². The van der Waals surface area contributed by atoms with Crippen molar-refractivity contribution in [3.63, 3.8) is 0 Å². The maximum atomic E-state index is 5.19. The van der Waals surface area contributed by atoms with Crippen LogP contribution in [0.4, 0.5) is 0 Å². The van der Waals surface area contributed by atoms with Gasteiger partial charge >= 0.3 is 0 Å². The highest BCUT2D eigenvalue weighted by Crippen LogP contribution is 2.16. The minimum Gasteiger partial charge on any atom is -0.380 e. The molecule has 1 aromatic rings. The van der Waals surface area contributed by atoms with Crippen molar-refractivity contribution in [2.24, 2.45) is 0 Å². The molecule has 0 radical (unpaired) electrons. The van der Waals surface area contributed by atoms with Gasteiger partial charge in [-0.2, -0.15) is 0 Å². The SMILES string of the molecule is COC(C)CN[C@@H](C)c1ccc(Br)cc1. The highest BCUT2D eigenvalue weighted by atomic mass is 79.9. The third kappa shape index (κ3) is 4.33. The number of hydrogen-bond acceptors (Lipinski definition) is 2. The van der Waals surface area contributed by atoms with Crippen molar-refractivity contribution in [2.45, 2.75) is 26.0 Å². The predicted molar refractivity (Wildman–Crippen MR) is 67.0 cm³/mol. The molecule has 1 aromatic carbocycles. The smallest absolute Gasteiger partial charge is 0.0667 e. The molecule has 0 aliphatic rings. The molecule has 2 nitrogen and oxygen atoms in total. The molecule has 0 spiro atoms. The summed E-state index contributed by atoms with van der Waals surface area (Å²) in [7, 11) is 1.73. The molecule has 1 unspecified atom stereocenters. The minimum absolute atomic E-state index is 0.253. The summed E-state index contributed by atoms with van der Waals surface area (Å²) in [6.07, 6.45) is 0.253. The Kier molecular flexibility index (Phi) is 5.29. The Labute approximate surface area is 100 Å². The lowest BCUT2D eigenvalue weighted by molar-refractivity contribution is 0.115. The van der Waals surface area contributed by atoms with Crippen molar-refractivity contribution >= 4 is 15.9 Å². The van der Waals surface area contributed by atoms with Gasteiger partial charge in [0.15, 0.2) is 0 Å². The van der Waals surface area contributed by atoms with Crippen molar-refractivity contribution in [1.29, 1.82) is 0 Å². The Morgan fingerprint density at radius 3 is 2.40 bits per heavy atom. The van der Waals surface area contributed by atoms with Crippen LogP contribution in [0.3, 0.4) is 0 Å². The Hall–Kier alpha value is -0.380. The Morgan fingerprint density at radius 1 is 1.27 bits per heavy atom. The van der Waals surface area contributed by atoms with Crippen LogP contribution in [0.5, 0.6) is 0 Å². The monoisotopic (exact) mass is 271 g/mol. The third-order valence-electron chi connectivity index (χ3n) is 2.48. The molecule has 1 N–H and O–H groups in total. The number of halogens is 1.